The van der Waals surface area contributed by atoms with E-state index in [0.29, 0.717) is 18.6 Å². The number of halogens is 1. The summed E-state index contributed by atoms with van der Waals surface area (Å²) >= 11 is 0. The van der Waals surface area contributed by atoms with Crippen molar-refractivity contribution in [2.75, 3.05) is 6.54 Å². The standard InChI is InChI=1S/C21H23FN2O/c22-17-10-8-15(9-11-17)14-23-21(25)18-13-20(16-5-2-1-3-6-16)24-12-4-7-19(18)24/h1-3,5-6,8-11,18-20H,4,7,12-14H2,(H,23,25)/t18-,19+,20-/m0/s1. The number of carbonyl (C=O) groups is 1. The van der Waals surface area contributed by atoms with E-state index in [9.17, 15) is 9.18 Å². The second-order valence-corrected chi connectivity index (χ2v) is 7.06. The van der Waals surface area contributed by atoms with Crippen LogP contribution in [0.4, 0.5) is 4.39 Å². The Labute approximate surface area is 147 Å². The summed E-state index contributed by atoms with van der Waals surface area (Å²) in [4.78, 5) is 15.3. The van der Waals surface area contributed by atoms with Gasteiger partial charge in [-0.2, -0.15) is 0 Å². The minimum atomic E-state index is -0.252. The van der Waals surface area contributed by atoms with Gasteiger partial charge in [-0.3, -0.25) is 9.69 Å². The van der Waals surface area contributed by atoms with Crippen LogP contribution in [0.15, 0.2) is 54.6 Å². The van der Waals surface area contributed by atoms with Crippen molar-refractivity contribution >= 4 is 5.91 Å². The summed E-state index contributed by atoms with van der Waals surface area (Å²) in [5.41, 5.74) is 2.24. The molecule has 3 nitrogen and oxygen atoms in total. The van der Waals surface area contributed by atoms with Gasteiger partial charge >= 0.3 is 0 Å². The van der Waals surface area contributed by atoms with E-state index in [1.807, 2.05) is 6.07 Å². The molecule has 1 N–H and O–H groups in total. The van der Waals surface area contributed by atoms with Crippen molar-refractivity contribution in [1.29, 1.82) is 0 Å². The second-order valence-electron chi connectivity index (χ2n) is 7.06. The van der Waals surface area contributed by atoms with Crippen molar-refractivity contribution < 1.29 is 9.18 Å². The Morgan fingerprint density at radius 3 is 2.64 bits per heavy atom. The molecule has 4 heteroatoms. The number of rotatable bonds is 4. The number of nitrogens with one attached hydrogen (secondary N) is 1. The van der Waals surface area contributed by atoms with Gasteiger partial charge in [0.2, 0.25) is 5.91 Å². The molecule has 0 unspecified atom stereocenters. The lowest BCUT2D eigenvalue weighted by Crippen LogP contribution is -2.37. The number of hydrogen-bond donors (Lipinski definition) is 1. The fourth-order valence-electron chi connectivity index (χ4n) is 4.37. The molecule has 130 valence electrons. The average molecular weight is 338 g/mol. The minimum Gasteiger partial charge on any atom is -0.352 e. The molecule has 0 aliphatic carbocycles. The number of benzene rings is 2. The smallest absolute Gasteiger partial charge is 0.225 e. The SMILES string of the molecule is O=C(NCc1ccc(F)cc1)[C@H]1C[C@@H](c2ccccc2)N2CCC[C@H]12. The summed E-state index contributed by atoms with van der Waals surface area (Å²) < 4.78 is 13.0. The Balaban J connectivity index is 1.44. The molecule has 3 atom stereocenters. The molecule has 0 radical (unpaired) electrons. The topological polar surface area (TPSA) is 32.3 Å². The Bertz CT molecular complexity index is 731. The first-order valence-corrected chi connectivity index (χ1v) is 9.05. The molecule has 2 aromatic rings. The van der Waals surface area contributed by atoms with Crippen LogP contribution in [0.1, 0.15) is 36.4 Å². The Morgan fingerprint density at radius 1 is 1.12 bits per heavy atom. The molecule has 1 amide bonds. The van der Waals surface area contributed by atoms with E-state index in [1.165, 1.54) is 17.7 Å². The van der Waals surface area contributed by atoms with Gasteiger partial charge in [-0.05, 0) is 49.1 Å². The Hall–Kier alpha value is -2.20. The van der Waals surface area contributed by atoms with Gasteiger partial charge in [-0.25, -0.2) is 4.39 Å². The van der Waals surface area contributed by atoms with E-state index >= 15 is 0 Å². The van der Waals surface area contributed by atoms with Crippen LogP contribution in [0, 0.1) is 11.7 Å². The third kappa shape index (κ3) is 3.31. The van der Waals surface area contributed by atoms with E-state index in [0.717, 1.165) is 31.4 Å². The fraction of sp³-hybridized carbons (Fsp3) is 0.381. The van der Waals surface area contributed by atoms with Gasteiger partial charge in [0.25, 0.3) is 0 Å². The Kier molecular flexibility index (Phi) is 4.53. The molecule has 2 aliphatic rings. The van der Waals surface area contributed by atoms with Gasteiger partial charge in [0.15, 0.2) is 0 Å². The van der Waals surface area contributed by atoms with E-state index < -0.39 is 0 Å². The first-order chi connectivity index (χ1) is 12.2. The van der Waals surface area contributed by atoms with Crippen LogP contribution >= 0.6 is 0 Å². The first-order valence-electron chi connectivity index (χ1n) is 9.05. The summed E-state index contributed by atoms with van der Waals surface area (Å²) in [6.45, 7) is 1.53. The van der Waals surface area contributed by atoms with Gasteiger partial charge < -0.3 is 5.32 Å². The summed E-state index contributed by atoms with van der Waals surface area (Å²) in [6, 6.07) is 17.5. The third-order valence-corrected chi connectivity index (χ3v) is 5.59. The molecule has 2 aromatic carbocycles. The van der Waals surface area contributed by atoms with Crippen molar-refractivity contribution in [3.63, 3.8) is 0 Å². The van der Waals surface area contributed by atoms with Gasteiger partial charge in [0.1, 0.15) is 5.82 Å². The first kappa shape index (κ1) is 16.3. The van der Waals surface area contributed by atoms with E-state index in [1.54, 1.807) is 12.1 Å². The van der Waals surface area contributed by atoms with Crippen LogP contribution in [0.3, 0.4) is 0 Å². The van der Waals surface area contributed by atoms with Gasteiger partial charge in [0.05, 0.1) is 5.92 Å². The third-order valence-electron chi connectivity index (χ3n) is 5.59. The highest BCUT2D eigenvalue weighted by atomic mass is 19.1. The van der Waals surface area contributed by atoms with Gasteiger partial charge in [0, 0.05) is 18.6 Å². The summed E-state index contributed by atoms with van der Waals surface area (Å²) in [6.07, 6.45) is 3.14. The number of hydrogen-bond acceptors (Lipinski definition) is 2. The molecule has 2 aliphatic heterocycles. The maximum Gasteiger partial charge on any atom is 0.225 e. The van der Waals surface area contributed by atoms with E-state index in [-0.39, 0.29) is 17.6 Å². The molecule has 0 saturated carbocycles. The summed E-state index contributed by atoms with van der Waals surface area (Å²) in [5, 5.41) is 3.06. The zero-order valence-electron chi connectivity index (χ0n) is 14.2. The maximum atomic E-state index is 13.0. The normalized spacial score (nSPS) is 25.7. The van der Waals surface area contributed by atoms with Crippen LogP contribution in [-0.2, 0) is 11.3 Å². The molecule has 2 saturated heterocycles. The van der Waals surface area contributed by atoms with E-state index in [2.05, 4.69) is 34.5 Å². The van der Waals surface area contributed by atoms with Crippen molar-refractivity contribution in [3.05, 3.63) is 71.5 Å². The largest absolute Gasteiger partial charge is 0.352 e. The number of nitrogens with zero attached hydrogens (tertiary/aromatic N) is 1. The lowest BCUT2D eigenvalue weighted by Gasteiger charge is -2.24. The lowest BCUT2D eigenvalue weighted by atomic mass is 9.93. The molecule has 4 rings (SSSR count). The molecular formula is C21H23FN2O. The monoisotopic (exact) mass is 338 g/mol. The zero-order valence-corrected chi connectivity index (χ0v) is 14.2. The molecular weight excluding hydrogens is 315 g/mol. The van der Waals surface area contributed by atoms with Crippen LogP contribution in [0.5, 0.6) is 0 Å². The molecule has 25 heavy (non-hydrogen) atoms. The lowest BCUT2D eigenvalue weighted by molar-refractivity contribution is -0.125. The van der Waals surface area contributed by atoms with Crippen molar-refractivity contribution in [2.45, 2.75) is 37.9 Å². The van der Waals surface area contributed by atoms with Gasteiger partial charge in [-0.15, -0.1) is 0 Å². The quantitative estimate of drug-likeness (QED) is 0.922. The van der Waals surface area contributed by atoms with Crippen LogP contribution in [0.25, 0.3) is 0 Å². The predicted octanol–water partition coefficient (Wildman–Crippen LogP) is 3.67. The predicted molar refractivity (Wildman–Crippen MR) is 95.3 cm³/mol. The van der Waals surface area contributed by atoms with E-state index in [4.69, 9.17) is 0 Å². The summed E-state index contributed by atoms with van der Waals surface area (Å²) in [5.74, 6) is -0.0917. The molecule has 0 spiro atoms. The summed E-state index contributed by atoms with van der Waals surface area (Å²) in [7, 11) is 0. The molecule has 2 fully saturated rings. The average Bonchev–Trinajstić information content (AvgIpc) is 3.24. The Morgan fingerprint density at radius 2 is 1.88 bits per heavy atom. The molecule has 0 aromatic heterocycles. The fourth-order valence-corrected chi connectivity index (χ4v) is 4.37. The number of amides is 1. The highest BCUT2D eigenvalue weighted by Gasteiger charge is 2.46. The number of carbonyl (C=O) groups excluding carboxylic acids is 1. The highest BCUT2D eigenvalue weighted by Crippen LogP contribution is 2.44. The van der Waals surface area contributed by atoms with Crippen molar-refractivity contribution in [3.8, 4) is 0 Å². The maximum absolute atomic E-state index is 13.0. The minimum absolute atomic E-state index is 0.0353. The molecule has 0 bridgehead atoms. The zero-order chi connectivity index (χ0) is 17.2. The highest BCUT2D eigenvalue weighted by molar-refractivity contribution is 5.80. The molecule has 2 heterocycles. The second kappa shape index (κ2) is 6.96. The van der Waals surface area contributed by atoms with Crippen LogP contribution < -0.4 is 5.32 Å². The van der Waals surface area contributed by atoms with Crippen molar-refractivity contribution in [1.82, 2.24) is 10.2 Å². The van der Waals surface area contributed by atoms with Crippen LogP contribution in [-0.4, -0.2) is 23.4 Å². The van der Waals surface area contributed by atoms with Crippen molar-refractivity contribution in [2.24, 2.45) is 5.92 Å². The number of fused-ring (bicyclic) bond motifs is 1. The van der Waals surface area contributed by atoms with Crippen LogP contribution in [0.2, 0.25) is 0 Å². The van der Waals surface area contributed by atoms with Gasteiger partial charge in [-0.1, -0.05) is 42.5 Å².